The van der Waals surface area contributed by atoms with Crippen LogP contribution in [0.5, 0.6) is 0 Å². The third-order valence-electron chi connectivity index (χ3n) is 2.44. The van der Waals surface area contributed by atoms with E-state index in [1.54, 1.807) is 12.1 Å². The number of hydrogen-bond donors (Lipinski definition) is 3. The molecular weight excluding hydrogens is 208 g/mol. The number of hydrogen-bond acceptors (Lipinski definition) is 3. The Morgan fingerprint density at radius 2 is 1.56 bits per heavy atom. The Morgan fingerprint density at radius 3 is 2.25 bits per heavy atom. The van der Waals surface area contributed by atoms with Crippen LogP contribution in [-0.2, 0) is 0 Å². The highest BCUT2D eigenvalue weighted by Crippen LogP contribution is 2.16. The number of nitrogens with zero attached hydrogens (tertiary/aromatic N) is 1. The van der Waals surface area contributed by atoms with Crippen molar-refractivity contribution >= 4 is 22.1 Å². The maximum atomic E-state index is 11.1. The van der Waals surface area contributed by atoms with Gasteiger partial charge in [0, 0.05) is 0 Å². The molecule has 0 atom stereocenters. The standard InChI is InChI=1S/C10H8N4O2/c1-4-11-5-2-7-8(3-6(5)12-4)14-10(16)9(15)13-7/h2-3H,1H3,(H,11,12)(H,13,15)(H,14,16). The van der Waals surface area contributed by atoms with Crippen molar-refractivity contribution in [1.29, 1.82) is 0 Å². The smallest absolute Gasteiger partial charge is 0.314 e. The number of aromatic nitrogens is 4. The highest BCUT2D eigenvalue weighted by Gasteiger charge is 2.04. The summed E-state index contributed by atoms with van der Waals surface area (Å²) < 4.78 is 0. The van der Waals surface area contributed by atoms with Crippen LogP contribution in [0.2, 0.25) is 0 Å². The van der Waals surface area contributed by atoms with Crippen LogP contribution in [0, 0.1) is 6.92 Å². The van der Waals surface area contributed by atoms with Crippen LogP contribution in [-0.4, -0.2) is 19.9 Å². The maximum Gasteiger partial charge on any atom is 0.314 e. The van der Waals surface area contributed by atoms with E-state index in [0.29, 0.717) is 11.0 Å². The zero-order valence-electron chi connectivity index (χ0n) is 8.42. The molecule has 0 spiro atoms. The van der Waals surface area contributed by atoms with Crippen LogP contribution >= 0.6 is 0 Å². The molecule has 6 nitrogen and oxygen atoms in total. The second kappa shape index (κ2) is 2.82. The summed E-state index contributed by atoms with van der Waals surface area (Å²) in [6.45, 7) is 1.84. The number of imidazole rings is 1. The van der Waals surface area contributed by atoms with E-state index in [2.05, 4.69) is 19.9 Å². The number of aromatic amines is 3. The Labute approximate surface area is 88.4 Å². The van der Waals surface area contributed by atoms with Gasteiger partial charge >= 0.3 is 11.1 Å². The van der Waals surface area contributed by atoms with Gasteiger partial charge in [-0.15, -0.1) is 0 Å². The number of benzene rings is 1. The third-order valence-corrected chi connectivity index (χ3v) is 2.44. The lowest BCUT2D eigenvalue weighted by Crippen LogP contribution is -2.28. The number of rotatable bonds is 0. The molecule has 2 aromatic heterocycles. The molecule has 3 N–H and O–H groups in total. The van der Waals surface area contributed by atoms with E-state index >= 15 is 0 Å². The Balaban J connectivity index is 2.55. The molecule has 16 heavy (non-hydrogen) atoms. The first-order valence-corrected chi connectivity index (χ1v) is 4.76. The van der Waals surface area contributed by atoms with Crippen molar-refractivity contribution in [3.8, 4) is 0 Å². The highest BCUT2D eigenvalue weighted by atomic mass is 16.2. The van der Waals surface area contributed by atoms with E-state index in [1.807, 2.05) is 6.92 Å². The lowest BCUT2D eigenvalue weighted by molar-refractivity contribution is 1.15. The summed E-state index contributed by atoms with van der Waals surface area (Å²) in [6, 6.07) is 3.48. The molecule has 2 heterocycles. The molecule has 0 aliphatic carbocycles. The molecule has 3 aromatic rings. The summed E-state index contributed by atoms with van der Waals surface area (Å²) in [5.41, 5.74) is 1.44. The molecule has 80 valence electrons. The van der Waals surface area contributed by atoms with Gasteiger partial charge < -0.3 is 15.0 Å². The fourth-order valence-electron chi connectivity index (χ4n) is 1.75. The summed E-state index contributed by atoms with van der Waals surface area (Å²) in [7, 11) is 0. The molecule has 6 heteroatoms. The molecule has 1 aromatic carbocycles. The number of fused-ring (bicyclic) bond motifs is 2. The molecule has 0 radical (unpaired) electrons. The molecule has 0 unspecified atom stereocenters. The van der Waals surface area contributed by atoms with Crippen LogP contribution in [0.25, 0.3) is 22.1 Å². The van der Waals surface area contributed by atoms with Gasteiger partial charge in [-0.1, -0.05) is 0 Å². The third kappa shape index (κ3) is 1.16. The van der Waals surface area contributed by atoms with Gasteiger partial charge in [-0.05, 0) is 19.1 Å². The van der Waals surface area contributed by atoms with Crippen molar-refractivity contribution in [1.82, 2.24) is 19.9 Å². The minimum atomic E-state index is -0.654. The first kappa shape index (κ1) is 8.90. The minimum absolute atomic E-state index is 0.573. The minimum Gasteiger partial charge on any atom is -0.342 e. The molecule has 0 bridgehead atoms. The van der Waals surface area contributed by atoms with Crippen LogP contribution in [0.4, 0.5) is 0 Å². The lowest BCUT2D eigenvalue weighted by atomic mass is 10.2. The van der Waals surface area contributed by atoms with E-state index < -0.39 is 11.1 Å². The predicted molar refractivity (Wildman–Crippen MR) is 59.6 cm³/mol. The fraction of sp³-hybridized carbons (Fsp3) is 0.100. The maximum absolute atomic E-state index is 11.1. The van der Waals surface area contributed by atoms with Crippen LogP contribution in [0.3, 0.4) is 0 Å². The number of H-pyrrole nitrogens is 3. The van der Waals surface area contributed by atoms with E-state index in [-0.39, 0.29) is 0 Å². The second-order valence-corrected chi connectivity index (χ2v) is 3.65. The van der Waals surface area contributed by atoms with Crippen molar-refractivity contribution in [2.45, 2.75) is 6.92 Å². The number of aryl methyl sites for hydroxylation is 1. The van der Waals surface area contributed by atoms with Crippen LogP contribution in [0.15, 0.2) is 21.7 Å². The van der Waals surface area contributed by atoms with Gasteiger partial charge in [0.2, 0.25) is 0 Å². The van der Waals surface area contributed by atoms with Crippen molar-refractivity contribution in [2.24, 2.45) is 0 Å². The SMILES string of the molecule is Cc1nc2cc3[nH]c(=O)c(=O)[nH]c3cc2[nH]1. The highest BCUT2D eigenvalue weighted by molar-refractivity contribution is 5.90. The van der Waals surface area contributed by atoms with Gasteiger partial charge in [0.1, 0.15) is 5.82 Å². The van der Waals surface area contributed by atoms with Crippen LogP contribution in [0.1, 0.15) is 5.82 Å². The van der Waals surface area contributed by atoms with Crippen molar-refractivity contribution in [2.75, 3.05) is 0 Å². The summed E-state index contributed by atoms with van der Waals surface area (Å²) in [5.74, 6) is 0.787. The summed E-state index contributed by atoms with van der Waals surface area (Å²) in [6.07, 6.45) is 0. The topological polar surface area (TPSA) is 94.4 Å². The first-order chi connectivity index (χ1) is 7.63. The molecule has 0 fully saturated rings. The Kier molecular flexibility index (Phi) is 1.57. The average molecular weight is 216 g/mol. The molecule has 0 aliphatic heterocycles. The quantitative estimate of drug-likeness (QED) is 0.475. The Hall–Kier alpha value is -2.37. The van der Waals surface area contributed by atoms with Gasteiger partial charge in [0.15, 0.2) is 0 Å². The van der Waals surface area contributed by atoms with Crippen LogP contribution < -0.4 is 11.1 Å². The zero-order chi connectivity index (χ0) is 11.3. The van der Waals surface area contributed by atoms with Gasteiger partial charge in [-0.2, -0.15) is 0 Å². The Morgan fingerprint density at radius 1 is 0.938 bits per heavy atom. The fourth-order valence-corrected chi connectivity index (χ4v) is 1.75. The Bertz CT molecular complexity index is 742. The molecule has 0 saturated heterocycles. The molecule has 0 saturated carbocycles. The van der Waals surface area contributed by atoms with Gasteiger partial charge in [0.05, 0.1) is 22.1 Å². The van der Waals surface area contributed by atoms with Gasteiger partial charge in [-0.3, -0.25) is 9.59 Å². The van der Waals surface area contributed by atoms with Crippen molar-refractivity contribution < 1.29 is 0 Å². The average Bonchev–Trinajstić information content (AvgIpc) is 2.56. The second-order valence-electron chi connectivity index (χ2n) is 3.65. The zero-order valence-corrected chi connectivity index (χ0v) is 8.42. The molecule has 3 rings (SSSR count). The molecule has 0 aliphatic rings. The normalized spacial score (nSPS) is 11.3. The van der Waals surface area contributed by atoms with Crippen molar-refractivity contribution in [3.63, 3.8) is 0 Å². The molecule has 0 amide bonds. The van der Waals surface area contributed by atoms with E-state index in [4.69, 9.17) is 0 Å². The molecular formula is C10H8N4O2. The van der Waals surface area contributed by atoms with Crippen molar-refractivity contribution in [3.05, 3.63) is 38.7 Å². The summed E-state index contributed by atoms with van der Waals surface area (Å²) >= 11 is 0. The first-order valence-electron chi connectivity index (χ1n) is 4.76. The van der Waals surface area contributed by atoms with E-state index in [0.717, 1.165) is 16.9 Å². The largest absolute Gasteiger partial charge is 0.342 e. The van der Waals surface area contributed by atoms with Gasteiger partial charge in [0.25, 0.3) is 0 Å². The lowest BCUT2D eigenvalue weighted by Gasteiger charge is -1.96. The predicted octanol–water partition coefficient (Wildman–Crippen LogP) is 0.401. The number of nitrogens with one attached hydrogen (secondary N) is 3. The monoisotopic (exact) mass is 216 g/mol. The van der Waals surface area contributed by atoms with E-state index in [9.17, 15) is 9.59 Å². The van der Waals surface area contributed by atoms with Gasteiger partial charge in [-0.25, -0.2) is 4.98 Å². The van der Waals surface area contributed by atoms with E-state index in [1.165, 1.54) is 0 Å². The summed E-state index contributed by atoms with van der Waals surface area (Å²) in [4.78, 5) is 34.6. The summed E-state index contributed by atoms with van der Waals surface area (Å²) in [5, 5.41) is 0.